The summed E-state index contributed by atoms with van der Waals surface area (Å²) < 4.78 is 5.82. The summed E-state index contributed by atoms with van der Waals surface area (Å²) in [4.78, 5) is 28.8. The van der Waals surface area contributed by atoms with Gasteiger partial charge in [0.1, 0.15) is 0 Å². The van der Waals surface area contributed by atoms with Crippen molar-refractivity contribution < 1.29 is 14.0 Å². The zero-order valence-corrected chi connectivity index (χ0v) is 20.2. The topological polar surface area (TPSA) is 79.5 Å². The van der Waals surface area contributed by atoms with Gasteiger partial charge in [0.25, 0.3) is 5.22 Å². The fourth-order valence-corrected chi connectivity index (χ4v) is 4.86. The number of carbonyl (C=O) groups excluding carboxylic acids is 2. The average Bonchev–Trinajstić information content (AvgIpc) is 3.46. The molecule has 1 aliphatic rings. The lowest BCUT2D eigenvalue weighted by atomic mass is 10.0. The molecule has 2 aromatic carbocycles. The van der Waals surface area contributed by atoms with Crippen LogP contribution >= 0.6 is 11.8 Å². The summed E-state index contributed by atoms with van der Waals surface area (Å²) in [5.41, 5.74) is 4.55. The molecule has 1 atom stereocenters. The van der Waals surface area contributed by atoms with Crippen molar-refractivity contribution in [1.29, 1.82) is 0 Å². The van der Waals surface area contributed by atoms with E-state index >= 15 is 0 Å². The van der Waals surface area contributed by atoms with E-state index < -0.39 is 0 Å². The van der Waals surface area contributed by atoms with Gasteiger partial charge >= 0.3 is 0 Å². The summed E-state index contributed by atoms with van der Waals surface area (Å²) in [6, 6.07) is 13.6. The summed E-state index contributed by atoms with van der Waals surface area (Å²) in [5, 5.41) is 8.26. The molecular weight excluding hydrogens is 436 g/mol. The number of benzene rings is 2. The molecule has 4 rings (SSSR count). The number of rotatable bonds is 8. The Morgan fingerprint density at radius 3 is 2.52 bits per heavy atom. The van der Waals surface area contributed by atoms with Gasteiger partial charge in [-0.15, -0.1) is 10.2 Å². The molecule has 1 aromatic heterocycles. The Labute approximate surface area is 198 Å². The first-order valence-electron chi connectivity index (χ1n) is 11.2. The average molecular weight is 465 g/mol. The summed E-state index contributed by atoms with van der Waals surface area (Å²) in [6.45, 7) is 10.2. The predicted octanol–water partition coefficient (Wildman–Crippen LogP) is 4.86. The molecule has 0 spiro atoms. The number of nitrogens with zero attached hydrogens (tertiary/aromatic N) is 4. The molecule has 2 heterocycles. The number of fused-ring (bicyclic) bond motifs is 1. The fourth-order valence-electron chi connectivity index (χ4n) is 4.10. The van der Waals surface area contributed by atoms with Crippen molar-refractivity contribution in [3.05, 3.63) is 53.6 Å². The molecule has 0 radical (unpaired) electrons. The largest absolute Gasteiger partial charge is 0.411 e. The van der Waals surface area contributed by atoms with E-state index in [2.05, 4.69) is 28.9 Å². The number of ketones is 1. The van der Waals surface area contributed by atoms with Gasteiger partial charge in [0.2, 0.25) is 11.8 Å². The number of hydrogen-bond acceptors (Lipinski definition) is 7. The van der Waals surface area contributed by atoms with Crippen LogP contribution < -0.4 is 9.80 Å². The maximum atomic E-state index is 13.0. The first-order valence-corrected chi connectivity index (χ1v) is 12.1. The third-order valence-electron chi connectivity index (χ3n) is 5.94. The third kappa shape index (κ3) is 4.80. The molecule has 0 aliphatic carbocycles. The maximum Gasteiger partial charge on any atom is 0.277 e. The van der Waals surface area contributed by atoms with Gasteiger partial charge in [0.15, 0.2) is 5.78 Å². The van der Waals surface area contributed by atoms with Gasteiger partial charge in [-0.25, -0.2) is 0 Å². The first-order chi connectivity index (χ1) is 15.9. The molecule has 0 bridgehead atoms. The minimum Gasteiger partial charge on any atom is -0.411 e. The predicted molar refractivity (Wildman–Crippen MR) is 131 cm³/mol. The Morgan fingerprint density at radius 2 is 1.85 bits per heavy atom. The Morgan fingerprint density at radius 1 is 1.12 bits per heavy atom. The summed E-state index contributed by atoms with van der Waals surface area (Å²) in [7, 11) is 0. The summed E-state index contributed by atoms with van der Waals surface area (Å²) in [5.74, 6) is 0.448. The van der Waals surface area contributed by atoms with Crippen LogP contribution in [0.5, 0.6) is 0 Å². The van der Waals surface area contributed by atoms with E-state index in [1.165, 1.54) is 11.8 Å². The van der Waals surface area contributed by atoms with Crippen molar-refractivity contribution in [3.8, 4) is 11.5 Å². The van der Waals surface area contributed by atoms with Crippen LogP contribution in [0.15, 0.2) is 52.1 Å². The van der Waals surface area contributed by atoms with Crippen molar-refractivity contribution in [3.63, 3.8) is 0 Å². The summed E-state index contributed by atoms with van der Waals surface area (Å²) >= 11 is 1.25. The standard InChI is InChI=1S/C25H28N4O3S/c1-5-28(6-2)21-10-7-18(8-11-21)24-26-27-25(32-24)33-16(3)23(31)20-9-12-22-19(15-20)13-14-29(22)17(4)30/h7-12,15-16H,5-6,13-14H2,1-4H3. The van der Waals surface area contributed by atoms with Crippen LogP contribution in [-0.2, 0) is 11.2 Å². The molecular formula is C25H28N4O3S. The normalized spacial score (nSPS) is 13.6. The van der Waals surface area contributed by atoms with Crippen LogP contribution in [0.1, 0.15) is 43.6 Å². The highest BCUT2D eigenvalue weighted by Crippen LogP contribution is 2.32. The minimum atomic E-state index is -0.383. The first kappa shape index (κ1) is 23.0. The number of hydrogen-bond donors (Lipinski definition) is 0. The molecule has 172 valence electrons. The molecule has 1 unspecified atom stereocenters. The van der Waals surface area contributed by atoms with E-state index in [1.54, 1.807) is 17.9 Å². The van der Waals surface area contributed by atoms with Crippen molar-refractivity contribution in [1.82, 2.24) is 10.2 Å². The monoisotopic (exact) mass is 464 g/mol. The Balaban J connectivity index is 1.43. The van der Waals surface area contributed by atoms with E-state index in [4.69, 9.17) is 4.42 Å². The highest BCUT2D eigenvalue weighted by atomic mass is 32.2. The molecule has 1 aliphatic heterocycles. The van der Waals surface area contributed by atoms with Gasteiger partial charge in [0.05, 0.1) is 5.25 Å². The SMILES string of the molecule is CCN(CC)c1ccc(-c2nnc(SC(C)C(=O)c3ccc4c(c3)CCN4C(C)=O)o2)cc1. The number of anilines is 2. The molecule has 1 amide bonds. The van der Waals surface area contributed by atoms with Crippen LogP contribution in [0.2, 0.25) is 0 Å². The number of Topliss-reactive ketones (excluding diaryl/α,β-unsaturated/α-hetero) is 1. The molecule has 3 aromatic rings. The Hall–Kier alpha value is -3.13. The van der Waals surface area contributed by atoms with Crippen molar-refractivity contribution in [2.24, 2.45) is 0 Å². The number of amides is 1. The second kappa shape index (κ2) is 9.79. The third-order valence-corrected chi connectivity index (χ3v) is 6.87. The quantitative estimate of drug-likeness (QED) is 0.348. The smallest absolute Gasteiger partial charge is 0.277 e. The van der Waals surface area contributed by atoms with Gasteiger partial charge in [0, 0.05) is 49.1 Å². The van der Waals surface area contributed by atoms with E-state index in [0.717, 1.165) is 42.0 Å². The lowest BCUT2D eigenvalue weighted by Crippen LogP contribution is -2.25. The molecule has 0 saturated heterocycles. The zero-order chi connectivity index (χ0) is 23.5. The van der Waals surface area contributed by atoms with E-state index in [-0.39, 0.29) is 16.9 Å². The molecule has 0 saturated carbocycles. The highest BCUT2D eigenvalue weighted by Gasteiger charge is 2.25. The van der Waals surface area contributed by atoms with Crippen LogP contribution in [0, 0.1) is 0 Å². The van der Waals surface area contributed by atoms with Crippen LogP contribution in [0.3, 0.4) is 0 Å². The molecule has 0 N–H and O–H groups in total. The van der Waals surface area contributed by atoms with Gasteiger partial charge in [-0.1, -0.05) is 11.8 Å². The minimum absolute atomic E-state index is 0.00704. The molecule has 7 nitrogen and oxygen atoms in total. The van der Waals surface area contributed by atoms with Crippen LogP contribution in [0.25, 0.3) is 11.5 Å². The van der Waals surface area contributed by atoms with Crippen molar-refractivity contribution in [2.45, 2.75) is 44.6 Å². The van der Waals surface area contributed by atoms with Gasteiger partial charge in [-0.05, 0) is 75.2 Å². The second-order valence-electron chi connectivity index (χ2n) is 7.98. The van der Waals surface area contributed by atoms with Crippen molar-refractivity contribution >= 4 is 34.8 Å². The Kier molecular flexibility index (Phi) is 6.83. The Bertz CT molecular complexity index is 1150. The maximum absolute atomic E-state index is 13.0. The van der Waals surface area contributed by atoms with Gasteiger partial charge in [-0.3, -0.25) is 9.59 Å². The van der Waals surface area contributed by atoms with E-state index in [0.29, 0.717) is 23.2 Å². The highest BCUT2D eigenvalue weighted by molar-refractivity contribution is 8.00. The summed E-state index contributed by atoms with van der Waals surface area (Å²) in [6.07, 6.45) is 0.762. The lowest BCUT2D eigenvalue weighted by molar-refractivity contribution is -0.116. The number of aromatic nitrogens is 2. The van der Waals surface area contributed by atoms with Crippen LogP contribution in [-0.4, -0.2) is 46.8 Å². The molecule has 33 heavy (non-hydrogen) atoms. The van der Waals surface area contributed by atoms with E-state index in [1.807, 2.05) is 43.3 Å². The molecule has 8 heteroatoms. The number of thioether (sulfide) groups is 1. The lowest BCUT2D eigenvalue weighted by Gasteiger charge is -2.20. The second-order valence-corrected chi connectivity index (χ2v) is 9.27. The zero-order valence-electron chi connectivity index (χ0n) is 19.4. The fraction of sp³-hybridized carbons (Fsp3) is 0.360. The van der Waals surface area contributed by atoms with E-state index in [9.17, 15) is 9.59 Å². The van der Waals surface area contributed by atoms with Gasteiger partial charge in [-0.2, -0.15) is 0 Å². The van der Waals surface area contributed by atoms with Crippen LogP contribution in [0.4, 0.5) is 11.4 Å². The van der Waals surface area contributed by atoms with Crippen molar-refractivity contribution in [2.75, 3.05) is 29.4 Å². The molecule has 0 fully saturated rings. The number of carbonyl (C=O) groups is 2. The van der Waals surface area contributed by atoms with Gasteiger partial charge < -0.3 is 14.2 Å².